The Balaban J connectivity index is 2.14. The minimum atomic E-state index is 0.257. The van der Waals surface area contributed by atoms with Crippen LogP contribution < -0.4 is 11.3 Å². The first-order valence-corrected chi connectivity index (χ1v) is 8.76. The first-order valence-electron chi connectivity index (χ1n) is 7.71. The summed E-state index contributed by atoms with van der Waals surface area (Å²) < 4.78 is 2.07. The number of nitrogens with one attached hydrogen (secondary N) is 1. The Morgan fingerprint density at radius 3 is 2.76 bits per heavy atom. The smallest absolute Gasteiger partial charge is 0.0719 e. The Labute approximate surface area is 131 Å². The normalized spacial score (nSPS) is 14.5. The van der Waals surface area contributed by atoms with Gasteiger partial charge in [0.25, 0.3) is 0 Å². The summed E-state index contributed by atoms with van der Waals surface area (Å²) in [7, 11) is 0. The number of hydrazine groups is 1. The van der Waals surface area contributed by atoms with Crippen LogP contribution in [0.4, 0.5) is 0 Å². The highest BCUT2D eigenvalue weighted by atomic mass is 32.2. The number of rotatable bonds is 8. The van der Waals surface area contributed by atoms with E-state index in [0.29, 0.717) is 5.25 Å². The summed E-state index contributed by atoms with van der Waals surface area (Å²) in [6.07, 6.45) is 2.06. The Bertz CT molecular complexity index is 566. The average Bonchev–Trinajstić information content (AvgIpc) is 2.89. The molecule has 0 aliphatic heterocycles. The van der Waals surface area contributed by atoms with Crippen LogP contribution in [0.25, 0.3) is 10.9 Å². The molecule has 3 N–H and O–H groups in total. The molecule has 0 fully saturated rings. The summed E-state index contributed by atoms with van der Waals surface area (Å²) in [5.41, 5.74) is 5.30. The van der Waals surface area contributed by atoms with Gasteiger partial charge in [-0.3, -0.25) is 16.0 Å². The number of nitrogens with zero attached hydrogens (tertiary/aromatic N) is 2. The molecular formula is C16H26N4S. The highest BCUT2D eigenvalue weighted by Crippen LogP contribution is 2.21. The van der Waals surface area contributed by atoms with Crippen molar-refractivity contribution in [2.75, 3.05) is 5.75 Å². The molecule has 0 spiro atoms. The quantitative estimate of drug-likeness (QED) is 0.581. The third kappa shape index (κ3) is 3.99. The molecule has 2 aromatic rings. The predicted molar refractivity (Wildman–Crippen MR) is 92.4 cm³/mol. The van der Waals surface area contributed by atoms with E-state index < -0.39 is 0 Å². The maximum absolute atomic E-state index is 5.73. The predicted octanol–water partition coefficient (Wildman–Crippen LogP) is 2.96. The Hall–Kier alpha value is -1.04. The lowest BCUT2D eigenvalue weighted by atomic mass is 10.1. The summed E-state index contributed by atoms with van der Waals surface area (Å²) in [6, 6.07) is 8.68. The molecule has 2 unspecified atom stereocenters. The largest absolute Gasteiger partial charge is 0.271 e. The second-order valence-electron chi connectivity index (χ2n) is 5.40. The van der Waals surface area contributed by atoms with Crippen molar-refractivity contribution in [3.05, 3.63) is 30.0 Å². The van der Waals surface area contributed by atoms with E-state index in [4.69, 9.17) is 10.9 Å². The van der Waals surface area contributed by atoms with Gasteiger partial charge in [0.15, 0.2) is 0 Å². The number of thioether (sulfide) groups is 1. The minimum Gasteiger partial charge on any atom is -0.271 e. The lowest BCUT2D eigenvalue weighted by Crippen LogP contribution is -2.39. The second-order valence-corrected chi connectivity index (χ2v) is 6.87. The van der Waals surface area contributed by atoms with E-state index in [0.717, 1.165) is 24.4 Å². The molecule has 1 aromatic carbocycles. The first-order chi connectivity index (χ1) is 10.2. The molecule has 0 aliphatic rings. The van der Waals surface area contributed by atoms with E-state index in [9.17, 15) is 0 Å². The van der Waals surface area contributed by atoms with Crippen molar-refractivity contribution in [1.82, 2.24) is 15.2 Å². The fraction of sp³-hybridized carbons (Fsp3) is 0.562. The van der Waals surface area contributed by atoms with Crippen molar-refractivity contribution in [3.63, 3.8) is 0 Å². The first kappa shape index (κ1) is 16.3. The Morgan fingerprint density at radius 1 is 1.33 bits per heavy atom. The number of hydrogen-bond donors (Lipinski definition) is 2. The van der Waals surface area contributed by atoms with Gasteiger partial charge in [-0.2, -0.15) is 16.9 Å². The molecule has 21 heavy (non-hydrogen) atoms. The fourth-order valence-electron chi connectivity index (χ4n) is 2.39. The van der Waals surface area contributed by atoms with Crippen molar-refractivity contribution in [2.24, 2.45) is 5.84 Å². The number of hydrogen-bond acceptors (Lipinski definition) is 4. The Kier molecular flexibility index (Phi) is 6.08. The van der Waals surface area contributed by atoms with Crippen LogP contribution in [-0.2, 0) is 13.0 Å². The van der Waals surface area contributed by atoms with E-state index in [-0.39, 0.29) is 6.04 Å². The second kappa shape index (κ2) is 7.82. The van der Waals surface area contributed by atoms with Crippen molar-refractivity contribution in [3.8, 4) is 0 Å². The molecule has 0 bridgehead atoms. The van der Waals surface area contributed by atoms with E-state index in [2.05, 4.69) is 55.1 Å². The van der Waals surface area contributed by atoms with E-state index in [1.54, 1.807) is 0 Å². The van der Waals surface area contributed by atoms with Gasteiger partial charge in [-0.25, -0.2) is 0 Å². The number of fused-ring (bicyclic) bond motifs is 1. The highest BCUT2D eigenvalue weighted by Gasteiger charge is 2.15. The minimum absolute atomic E-state index is 0.257. The molecule has 0 aliphatic carbocycles. The van der Waals surface area contributed by atoms with Crippen LogP contribution in [0.3, 0.4) is 0 Å². The van der Waals surface area contributed by atoms with Gasteiger partial charge >= 0.3 is 0 Å². The van der Waals surface area contributed by atoms with Crippen LogP contribution in [0.5, 0.6) is 0 Å². The van der Waals surface area contributed by atoms with Crippen LogP contribution in [0.1, 0.15) is 32.9 Å². The highest BCUT2D eigenvalue weighted by molar-refractivity contribution is 7.99. The molecule has 116 valence electrons. The molecule has 0 saturated heterocycles. The summed E-state index contributed by atoms with van der Waals surface area (Å²) in [6.45, 7) is 7.50. The maximum Gasteiger partial charge on any atom is 0.0719 e. The summed E-state index contributed by atoms with van der Waals surface area (Å²) in [5, 5.41) is 6.67. The standard InChI is InChI=1S/C16H26N4S/c1-4-12(3)21-11-13(18-17)10-15-14-8-6-7-9-16(14)20(5-2)19-15/h6-9,12-13,18H,4-5,10-11,17H2,1-3H3. The van der Waals surface area contributed by atoms with Crippen molar-refractivity contribution >= 4 is 22.7 Å². The molecule has 2 rings (SSSR count). The monoisotopic (exact) mass is 306 g/mol. The SMILES string of the molecule is CCC(C)SCC(Cc1nn(CC)c2ccccc12)NN. The molecule has 2 atom stereocenters. The van der Waals surface area contributed by atoms with E-state index in [1.165, 1.54) is 17.3 Å². The number of aromatic nitrogens is 2. The molecule has 4 nitrogen and oxygen atoms in total. The van der Waals surface area contributed by atoms with Gasteiger partial charge in [0.2, 0.25) is 0 Å². The van der Waals surface area contributed by atoms with Gasteiger partial charge in [-0.15, -0.1) is 0 Å². The molecule has 1 heterocycles. The molecule has 0 amide bonds. The summed E-state index contributed by atoms with van der Waals surface area (Å²) in [5.74, 6) is 6.75. The molecule has 5 heteroatoms. The zero-order chi connectivity index (χ0) is 15.2. The average molecular weight is 306 g/mol. The molecule has 0 saturated carbocycles. The maximum atomic E-state index is 5.73. The topological polar surface area (TPSA) is 55.9 Å². The van der Waals surface area contributed by atoms with Gasteiger partial charge in [-0.1, -0.05) is 32.0 Å². The Morgan fingerprint density at radius 2 is 2.10 bits per heavy atom. The lowest BCUT2D eigenvalue weighted by Gasteiger charge is -2.16. The molecule has 0 radical (unpaired) electrons. The van der Waals surface area contributed by atoms with Gasteiger partial charge < -0.3 is 0 Å². The van der Waals surface area contributed by atoms with E-state index in [1.807, 2.05) is 11.8 Å². The third-order valence-electron chi connectivity index (χ3n) is 3.87. The summed E-state index contributed by atoms with van der Waals surface area (Å²) in [4.78, 5) is 0. The van der Waals surface area contributed by atoms with Crippen LogP contribution in [0.2, 0.25) is 0 Å². The summed E-state index contributed by atoms with van der Waals surface area (Å²) >= 11 is 1.97. The fourth-order valence-corrected chi connectivity index (χ4v) is 3.40. The lowest BCUT2D eigenvalue weighted by molar-refractivity contribution is 0.560. The van der Waals surface area contributed by atoms with Crippen LogP contribution in [0.15, 0.2) is 24.3 Å². The van der Waals surface area contributed by atoms with Gasteiger partial charge in [-0.05, 0) is 19.4 Å². The van der Waals surface area contributed by atoms with Crippen molar-refractivity contribution in [1.29, 1.82) is 0 Å². The number of para-hydroxylation sites is 1. The van der Waals surface area contributed by atoms with Crippen molar-refractivity contribution < 1.29 is 0 Å². The number of aryl methyl sites for hydroxylation is 1. The molecule has 1 aromatic heterocycles. The van der Waals surface area contributed by atoms with Crippen LogP contribution >= 0.6 is 11.8 Å². The van der Waals surface area contributed by atoms with Gasteiger partial charge in [0, 0.05) is 35.4 Å². The van der Waals surface area contributed by atoms with Crippen LogP contribution in [-0.4, -0.2) is 26.8 Å². The third-order valence-corrected chi connectivity index (χ3v) is 5.36. The van der Waals surface area contributed by atoms with Crippen LogP contribution in [0, 0.1) is 0 Å². The van der Waals surface area contributed by atoms with Gasteiger partial charge in [0.1, 0.15) is 0 Å². The zero-order valence-corrected chi connectivity index (χ0v) is 14.0. The van der Waals surface area contributed by atoms with Crippen molar-refractivity contribution in [2.45, 2.75) is 51.4 Å². The van der Waals surface area contributed by atoms with E-state index >= 15 is 0 Å². The van der Waals surface area contributed by atoms with Gasteiger partial charge in [0.05, 0.1) is 11.2 Å². The molecular weight excluding hydrogens is 280 g/mol. The number of nitrogens with two attached hydrogens (primary N) is 1. The number of benzene rings is 1. The zero-order valence-electron chi connectivity index (χ0n) is 13.2.